The number of pyridine rings is 1. The Balaban J connectivity index is 1.81. The van der Waals surface area contributed by atoms with Crippen LogP contribution in [0.4, 0.5) is 0 Å². The SMILES string of the molecule is O=C(O)c1ccc2nnc(CCN3CCCC3)n2c1. The molecule has 3 rings (SSSR count). The lowest BCUT2D eigenvalue weighted by molar-refractivity contribution is 0.0696. The van der Waals surface area contributed by atoms with Crippen LogP contribution in [-0.2, 0) is 6.42 Å². The number of hydrogen-bond acceptors (Lipinski definition) is 4. The molecule has 0 saturated carbocycles. The van der Waals surface area contributed by atoms with Crippen LogP contribution in [0.5, 0.6) is 0 Å². The van der Waals surface area contributed by atoms with Gasteiger partial charge in [-0.3, -0.25) is 4.40 Å². The summed E-state index contributed by atoms with van der Waals surface area (Å²) in [5.74, 6) is -0.105. The van der Waals surface area contributed by atoms with Crippen molar-refractivity contribution in [3.8, 4) is 0 Å². The number of aromatic carboxylic acids is 1. The highest BCUT2D eigenvalue weighted by Gasteiger charge is 2.14. The fraction of sp³-hybridized carbons (Fsp3) is 0.462. The largest absolute Gasteiger partial charge is 0.478 e. The van der Waals surface area contributed by atoms with Crippen molar-refractivity contribution in [3.63, 3.8) is 0 Å². The molecule has 0 aromatic carbocycles. The van der Waals surface area contributed by atoms with Gasteiger partial charge < -0.3 is 10.0 Å². The van der Waals surface area contributed by atoms with Gasteiger partial charge in [-0.25, -0.2) is 4.79 Å². The zero-order valence-corrected chi connectivity index (χ0v) is 10.6. The number of aromatic nitrogens is 3. The van der Waals surface area contributed by atoms with Gasteiger partial charge in [0.05, 0.1) is 5.56 Å². The predicted octanol–water partition coefficient (Wildman–Crippen LogP) is 1.07. The van der Waals surface area contributed by atoms with Gasteiger partial charge in [-0.2, -0.15) is 0 Å². The summed E-state index contributed by atoms with van der Waals surface area (Å²) in [4.78, 5) is 13.4. The fourth-order valence-corrected chi connectivity index (χ4v) is 2.50. The fourth-order valence-electron chi connectivity index (χ4n) is 2.50. The minimum absolute atomic E-state index is 0.259. The van der Waals surface area contributed by atoms with Gasteiger partial charge in [-0.15, -0.1) is 10.2 Å². The monoisotopic (exact) mass is 260 g/mol. The number of rotatable bonds is 4. The Labute approximate surface area is 110 Å². The van der Waals surface area contributed by atoms with Crippen molar-refractivity contribution in [2.45, 2.75) is 19.3 Å². The standard InChI is InChI=1S/C13H16N4O2/c18-13(19)10-3-4-11-14-15-12(17(11)9-10)5-8-16-6-1-2-7-16/h3-4,9H,1-2,5-8H2,(H,18,19). The molecule has 6 heteroatoms. The first-order valence-electron chi connectivity index (χ1n) is 6.53. The van der Waals surface area contributed by atoms with Crippen molar-refractivity contribution >= 4 is 11.6 Å². The number of fused-ring (bicyclic) bond motifs is 1. The molecule has 0 atom stereocenters. The molecule has 2 aromatic heterocycles. The molecule has 1 saturated heterocycles. The molecule has 3 heterocycles. The molecule has 0 spiro atoms. The summed E-state index contributed by atoms with van der Waals surface area (Å²) in [6.07, 6.45) is 4.93. The van der Waals surface area contributed by atoms with Crippen molar-refractivity contribution in [1.29, 1.82) is 0 Å². The van der Waals surface area contributed by atoms with Crippen LogP contribution in [0.1, 0.15) is 29.0 Å². The number of hydrogen-bond donors (Lipinski definition) is 1. The topological polar surface area (TPSA) is 70.7 Å². The third-order valence-electron chi connectivity index (χ3n) is 3.57. The van der Waals surface area contributed by atoms with Gasteiger partial charge in [0.2, 0.25) is 0 Å². The molecule has 0 radical (unpaired) electrons. The van der Waals surface area contributed by atoms with Gasteiger partial charge in [-0.05, 0) is 38.1 Å². The summed E-state index contributed by atoms with van der Waals surface area (Å²) in [6.45, 7) is 3.26. The van der Waals surface area contributed by atoms with Crippen molar-refractivity contribution in [1.82, 2.24) is 19.5 Å². The maximum Gasteiger partial charge on any atom is 0.337 e. The van der Waals surface area contributed by atoms with E-state index < -0.39 is 5.97 Å². The number of nitrogens with zero attached hydrogens (tertiary/aromatic N) is 4. The first-order chi connectivity index (χ1) is 9.24. The van der Waals surface area contributed by atoms with E-state index in [4.69, 9.17) is 5.11 Å². The van der Waals surface area contributed by atoms with E-state index in [-0.39, 0.29) is 5.56 Å². The average molecular weight is 260 g/mol. The third kappa shape index (κ3) is 2.44. The van der Waals surface area contributed by atoms with Crippen molar-refractivity contribution in [3.05, 3.63) is 29.7 Å². The third-order valence-corrected chi connectivity index (χ3v) is 3.57. The van der Waals surface area contributed by atoms with Crippen molar-refractivity contribution in [2.75, 3.05) is 19.6 Å². The second-order valence-corrected chi connectivity index (χ2v) is 4.87. The van der Waals surface area contributed by atoms with Crippen molar-refractivity contribution < 1.29 is 9.90 Å². The Morgan fingerprint density at radius 3 is 2.79 bits per heavy atom. The van der Waals surface area contributed by atoms with Crippen LogP contribution < -0.4 is 0 Å². The van der Waals surface area contributed by atoms with E-state index in [0.717, 1.165) is 31.9 Å². The van der Waals surface area contributed by atoms with Crippen LogP contribution in [0.3, 0.4) is 0 Å². The zero-order chi connectivity index (χ0) is 13.2. The summed E-state index contributed by atoms with van der Waals surface area (Å²) in [7, 11) is 0. The quantitative estimate of drug-likeness (QED) is 0.890. The van der Waals surface area contributed by atoms with Crippen LogP contribution in [0, 0.1) is 0 Å². The smallest absolute Gasteiger partial charge is 0.337 e. The van der Waals surface area contributed by atoms with E-state index in [1.807, 2.05) is 0 Å². The highest BCUT2D eigenvalue weighted by atomic mass is 16.4. The molecular formula is C13H16N4O2. The van der Waals surface area contributed by atoms with E-state index >= 15 is 0 Å². The van der Waals surface area contributed by atoms with Gasteiger partial charge >= 0.3 is 5.97 Å². The van der Waals surface area contributed by atoms with Crippen LogP contribution in [0.25, 0.3) is 5.65 Å². The molecule has 100 valence electrons. The molecule has 0 unspecified atom stereocenters. The maximum atomic E-state index is 11.0. The summed E-state index contributed by atoms with van der Waals surface area (Å²) in [5.41, 5.74) is 0.955. The van der Waals surface area contributed by atoms with Gasteiger partial charge in [-0.1, -0.05) is 0 Å². The Bertz CT molecular complexity index is 602. The summed E-state index contributed by atoms with van der Waals surface area (Å²) in [6, 6.07) is 3.24. The van der Waals surface area contributed by atoms with Crippen LogP contribution in [0.15, 0.2) is 18.3 Å². The highest BCUT2D eigenvalue weighted by molar-refractivity contribution is 5.87. The Hall–Kier alpha value is -1.95. The number of likely N-dealkylation sites (tertiary alicyclic amines) is 1. The lowest BCUT2D eigenvalue weighted by Crippen LogP contribution is -2.22. The van der Waals surface area contributed by atoms with Gasteiger partial charge in [0, 0.05) is 19.2 Å². The second kappa shape index (κ2) is 4.97. The number of carboxylic acid groups (broad SMARTS) is 1. The molecule has 0 amide bonds. The molecule has 19 heavy (non-hydrogen) atoms. The van der Waals surface area contributed by atoms with Crippen LogP contribution >= 0.6 is 0 Å². The van der Waals surface area contributed by atoms with E-state index in [2.05, 4.69) is 15.1 Å². The minimum Gasteiger partial charge on any atom is -0.478 e. The lowest BCUT2D eigenvalue weighted by Gasteiger charge is -2.13. The summed E-state index contributed by atoms with van der Waals surface area (Å²) >= 11 is 0. The molecule has 6 nitrogen and oxygen atoms in total. The molecule has 0 bridgehead atoms. The Morgan fingerprint density at radius 1 is 1.26 bits per heavy atom. The van der Waals surface area contributed by atoms with E-state index in [1.165, 1.54) is 12.8 Å². The first kappa shape index (κ1) is 12.1. The van der Waals surface area contributed by atoms with Crippen LogP contribution in [-0.4, -0.2) is 50.2 Å². The minimum atomic E-state index is -0.930. The first-order valence-corrected chi connectivity index (χ1v) is 6.53. The van der Waals surface area contributed by atoms with Gasteiger partial charge in [0.15, 0.2) is 5.65 Å². The van der Waals surface area contributed by atoms with Crippen molar-refractivity contribution in [2.24, 2.45) is 0 Å². The second-order valence-electron chi connectivity index (χ2n) is 4.87. The van der Waals surface area contributed by atoms with Crippen LogP contribution in [0.2, 0.25) is 0 Å². The van der Waals surface area contributed by atoms with Gasteiger partial charge in [0.1, 0.15) is 5.82 Å². The molecular weight excluding hydrogens is 244 g/mol. The molecule has 2 aromatic rings. The predicted molar refractivity (Wildman–Crippen MR) is 69.3 cm³/mol. The van der Waals surface area contributed by atoms with E-state index in [1.54, 1.807) is 22.7 Å². The molecule has 1 aliphatic heterocycles. The summed E-state index contributed by atoms with van der Waals surface area (Å²) in [5, 5.41) is 17.2. The lowest BCUT2D eigenvalue weighted by atomic mass is 10.3. The molecule has 1 aliphatic rings. The Kier molecular flexibility index (Phi) is 3.16. The zero-order valence-electron chi connectivity index (χ0n) is 10.6. The maximum absolute atomic E-state index is 11.0. The molecule has 1 N–H and O–H groups in total. The Morgan fingerprint density at radius 2 is 2.05 bits per heavy atom. The molecule has 0 aliphatic carbocycles. The normalized spacial score (nSPS) is 16.2. The summed E-state index contributed by atoms with van der Waals surface area (Å²) < 4.78 is 1.78. The average Bonchev–Trinajstić information content (AvgIpc) is 3.05. The number of carboxylic acids is 1. The molecule has 1 fully saturated rings. The van der Waals surface area contributed by atoms with E-state index in [0.29, 0.717) is 5.65 Å². The number of carbonyl (C=O) groups is 1. The van der Waals surface area contributed by atoms with E-state index in [9.17, 15) is 4.79 Å². The highest BCUT2D eigenvalue weighted by Crippen LogP contribution is 2.11. The van der Waals surface area contributed by atoms with Gasteiger partial charge in [0.25, 0.3) is 0 Å².